The average molecular weight is 372 g/mol. The molecule has 0 radical (unpaired) electrons. The molecular formula is C20H28N4O3. The Bertz CT molecular complexity index is 733. The Morgan fingerprint density at radius 3 is 2.70 bits per heavy atom. The van der Waals surface area contributed by atoms with Crippen molar-refractivity contribution in [2.24, 2.45) is 17.8 Å². The summed E-state index contributed by atoms with van der Waals surface area (Å²) in [5.74, 6) is 1.80. The van der Waals surface area contributed by atoms with Gasteiger partial charge in [-0.3, -0.25) is 4.79 Å². The second-order valence-electron chi connectivity index (χ2n) is 8.94. The summed E-state index contributed by atoms with van der Waals surface area (Å²) in [6, 6.07) is 0.149. The van der Waals surface area contributed by atoms with Crippen molar-refractivity contribution in [2.75, 3.05) is 19.0 Å². The number of aliphatic hydroxyl groups is 1. The molecule has 27 heavy (non-hydrogen) atoms. The molecule has 0 aromatic carbocycles. The summed E-state index contributed by atoms with van der Waals surface area (Å²) in [4.78, 5) is 22.0. The molecule has 7 nitrogen and oxygen atoms in total. The van der Waals surface area contributed by atoms with Crippen LogP contribution in [0.1, 0.15) is 67.1 Å². The second-order valence-corrected chi connectivity index (χ2v) is 8.94. The van der Waals surface area contributed by atoms with Gasteiger partial charge in [-0.05, 0) is 62.7 Å². The summed E-state index contributed by atoms with van der Waals surface area (Å²) in [5.41, 5.74) is 0.721. The van der Waals surface area contributed by atoms with Crippen molar-refractivity contribution < 1.29 is 14.6 Å². The molecule has 4 bridgehead atoms. The topological polar surface area (TPSA) is 96.4 Å². The van der Waals surface area contributed by atoms with Gasteiger partial charge >= 0.3 is 0 Å². The minimum Gasteiger partial charge on any atom is -0.390 e. The number of amides is 1. The van der Waals surface area contributed by atoms with E-state index >= 15 is 0 Å². The molecule has 6 rings (SSSR count). The molecule has 4 saturated carbocycles. The van der Waals surface area contributed by atoms with Crippen molar-refractivity contribution in [1.82, 2.24) is 15.3 Å². The third-order valence-electron chi connectivity index (χ3n) is 7.06. The number of rotatable bonds is 4. The summed E-state index contributed by atoms with van der Waals surface area (Å²) in [5, 5.41) is 17.0. The summed E-state index contributed by atoms with van der Waals surface area (Å²) < 4.78 is 5.80. The third kappa shape index (κ3) is 3.01. The van der Waals surface area contributed by atoms with E-state index in [9.17, 15) is 9.90 Å². The molecule has 4 aliphatic carbocycles. The van der Waals surface area contributed by atoms with Crippen LogP contribution in [0.25, 0.3) is 0 Å². The standard InChI is InChI=1S/C20H28N4O3/c1-21-19-22-10-14(17(24-19)15-3-2-4-27-15)18(25)23-16-12-5-11-6-13(16)9-20(26,7-11)8-12/h10-13,15-16,26H,2-9H2,1H3,(H,23,25)(H,21,22,24)/t11?,12?,13?,15-,16-,20+/m0/s1. The lowest BCUT2D eigenvalue weighted by molar-refractivity contribution is -0.136. The zero-order valence-electron chi connectivity index (χ0n) is 15.8. The first-order valence-electron chi connectivity index (χ1n) is 10.2. The predicted octanol–water partition coefficient (Wildman–Crippen LogP) is 2.04. The molecular weight excluding hydrogens is 344 g/mol. The number of carbonyl (C=O) groups excluding carboxylic acids is 1. The van der Waals surface area contributed by atoms with Crippen LogP contribution in [0.2, 0.25) is 0 Å². The van der Waals surface area contributed by atoms with E-state index in [2.05, 4.69) is 20.6 Å². The maximum atomic E-state index is 13.2. The van der Waals surface area contributed by atoms with Gasteiger partial charge in [0.15, 0.2) is 0 Å². The van der Waals surface area contributed by atoms with Gasteiger partial charge in [0, 0.05) is 25.9 Å². The Morgan fingerprint density at radius 1 is 1.30 bits per heavy atom. The maximum Gasteiger partial charge on any atom is 0.255 e. The van der Waals surface area contributed by atoms with Gasteiger partial charge in [0.25, 0.3) is 5.91 Å². The molecule has 1 aromatic rings. The van der Waals surface area contributed by atoms with Crippen molar-refractivity contribution >= 4 is 11.9 Å². The van der Waals surface area contributed by atoms with Crippen LogP contribution in [0.3, 0.4) is 0 Å². The highest BCUT2D eigenvalue weighted by molar-refractivity contribution is 5.95. The molecule has 7 heteroatoms. The van der Waals surface area contributed by atoms with E-state index in [0.29, 0.717) is 41.6 Å². The minimum absolute atomic E-state index is 0.104. The molecule has 1 saturated heterocycles. The molecule has 3 N–H and O–H groups in total. The zero-order valence-corrected chi connectivity index (χ0v) is 15.8. The first-order valence-corrected chi connectivity index (χ1v) is 10.2. The molecule has 5 fully saturated rings. The Morgan fingerprint density at radius 2 is 2.07 bits per heavy atom. The van der Waals surface area contributed by atoms with E-state index in [1.165, 1.54) is 0 Å². The first-order chi connectivity index (χ1) is 13.0. The molecule has 146 valence electrons. The first kappa shape index (κ1) is 17.4. The highest BCUT2D eigenvalue weighted by Crippen LogP contribution is 2.55. The number of nitrogens with zero attached hydrogens (tertiary/aromatic N) is 2. The van der Waals surface area contributed by atoms with Crippen molar-refractivity contribution in [3.05, 3.63) is 17.5 Å². The van der Waals surface area contributed by atoms with Crippen LogP contribution < -0.4 is 10.6 Å². The second kappa shape index (κ2) is 6.41. The van der Waals surface area contributed by atoms with Crippen LogP contribution in [0, 0.1) is 17.8 Å². The largest absolute Gasteiger partial charge is 0.390 e. The van der Waals surface area contributed by atoms with Gasteiger partial charge in [-0.25, -0.2) is 9.97 Å². The fourth-order valence-electron chi connectivity index (χ4n) is 6.18. The van der Waals surface area contributed by atoms with Gasteiger partial charge in [0.2, 0.25) is 5.95 Å². The van der Waals surface area contributed by atoms with Crippen LogP contribution in [0.15, 0.2) is 6.20 Å². The number of hydrogen-bond acceptors (Lipinski definition) is 6. The Labute approximate surface area is 159 Å². The molecule has 1 aromatic heterocycles. The third-order valence-corrected chi connectivity index (χ3v) is 7.06. The van der Waals surface area contributed by atoms with Crippen molar-refractivity contribution in [1.29, 1.82) is 0 Å². The van der Waals surface area contributed by atoms with Crippen LogP contribution >= 0.6 is 0 Å². The number of nitrogens with one attached hydrogen (secondary N) is 2. The van der Waals surface area contributed by atoms with Crippen molar-refractivity contribution in [2.45, 2.75) is 62.7 Å². The number of anilines is 1. The quantitative estimate of drug-likeness (QED) is 0.748. The van der Waals surface area contributed by atoms with E-state index < -0.39 is 5.60 Å². The monoisotopic (exact) mass is 372 g/mol. The highest BCUT2D eigenvalue weighted by atomic mass is 16.5. The van der Waals surface area contributed by atoms with Crippen LogP contribution in [0.5, 0.6) is 0 Å². The molecule has 0 spiro atoms. The van der Waals surface area contributed by atoms with Gasteiger partial charge in [-0.15, -0.1) is 0 Å². The Hall–Kier alpha value is -1.73. The van der Waals surface area contributed by atoms with Crippen molar-refractivity contribution in [3.63, 3.8) is 0 Å². The lowest BCUT2D eigenvalue weighted by Crippen LogP contribution is -2.61. The number of hydrogen-bond donors (Lipinski definition) is 3. The zero-order chi connectivity index (χ0) is 18.6. The maximum absolute atomic E-state index is 13.2. The smallest absolute Gasteiger partial charge is 0.255 e. The average Bonchev–Trinajstić information content (AvgIpc) is 3.17. The van der Waals surface area contributed by atoms with E-state index in [1.807, 2.05) is 0 Å². The van der Waals surface area contributed by atoms with Gasteiger partial charge < -0.3 is 20.5 Å². The van der Waals surface area contributed by atoms with Gasteiger partial charge in [0.05, 0.1) is 16.9 Å². The minimum atomic E-state index is -0.488. The van der Waals surface area contributed by atoms with Gasteiger partial charge in [-0.1, -0.05) is 0 Å². The molecule has 2 heterocycles. The summed E-state index contributed by atoms with van der Waals surface area (Å²) in [6.07, 6.45) is 8.17. The molecule has 3 atom stereocenters. The molecule has 2 unspecified atom stereocenters. The van der Waals surface area contributed by atoms with Crippen LogP contribution in [-0.2, 0) is 4.74 Å². The van der Waals surface area contributed by atoms with Crippen molar-refractivity contribution in [3.8, 4) is 0 Å². The van der Waals surface area contributed by atoms with Crippen LogP contribution in [-0.4, -0.2) is 46.3 Å². The molecule has 1 amide bonds. The fourth-order valence-corrected chi connectivity index (χ4v) is 6.18. The fraction of sp³-hybridized carbons (Fsp3) is 0.750. The number of carbonyl (C=O) groups is 1. The molecule has 5 aliphatic rings. The normalized spacial score (nSPS) is 39.6. The lowest BCUT2D eigenvalue weighted by atomic mass is 9.52. The van der Waals surface area contributed by atoms with E-state index in [0.717, 1.165) is 44.9 Å². The summed E-state index contributed by atoms with van der Waals surface area (Å²) in [7, 11) is 1.77. The lowest BCUT2D eigenvalue weighted by Gasteiger charge is -2.58. The Kier molecular flexibility index (Phi) is 4.13. The van der Waals surface area contributed by atoms with Crippen LogP contribution in [0.4, 0.5) is 5.95 Å². The van der Waals surface area contributed by atoms with Gasteiger partial charge in [-0.2, -0.15) is 0 Å². The number of ether oxygens (including phenoxy) is 1. The molecule has 1 aliphatic heterocycles. The summed E-state index contributed by atoms with van der Waals surface area (Å²) in [6.45, 7) is 0.706. The summed E-state index contributed by atoms with van der Waals surface area (Å²) >= 11 is 0. The SMILES string of the molecule is CNc1ncc(C(=O)N[C@H]2C3CC4CC2C[C@@](O)(C4)C3)c([C@@H]2CCCO2)n1. The van der Waals surface area contributed by atoms with E-state index in [-0.39, 0.29) is 18.1 Å². The van der Waals surface area contributed by atoms with E-state index in [4.69, 9.17) is 4.74 Å². The Balaban J connectivity index is 1.38. The van der Waals surface area contributed by atoms with E-state index in [1.54, 1.807) is 13.2 Å². The number of aromatic nitrogens is 2. The predicted molar refractivity (Wildman–Crippen MR) is 99.3 cm³/mol. The highest BCUT2D eigenvalue weighted by Gasteiger charge is 2.55. The van der Waals surface area contributed by atoms with Gasteiger partial charge in [0.1, 0.15) is 6.10 Å².